The van der Waals surface area contributed by atoms with Crippen molar-refractivity contribution in [3.05, 3.63) is 44.4 Å². The minimum absolute atomic E-state index is 0.0409. The molecule has 216 valence electrons. The second-order valence-electron chi connectivity index (χ2n) is 8.74. The molecule has 40 heavy (non-hydrogen) atoms. The van der Waals surface area contributed by atoms with E-state index in [1.54, 1.807) is 0 Å². The van der Waals surface area contributed by atoms with Gasteiger partial charge in [0.15, 0.2) is 0 Å². The Morgan fingerprint density at radius 1 is 0.550 bits per heavy atom. The number of benzene rings is 2. The van der Waals surface area contributed by atoms with E-state index in [9.17, 15) is 63.1 Å². The number of carbonyl (C=O) groups excluding carboxylic acids is 4. The van der Waals surface area contributed by atoms with Gasteiger partial charge in [0.25, 0.3) is 23.6 Å². The smallest absolute Gasteiger partial charge is 0.274 e. The normalized spacial score (nSPS) is 16.5. The molecule has 2 aliphatic rings. The van der Waals surface area contributed by atoms with Gasteiger partial charge in [0.2, 0.25) is 0 Å². The first kappa shape index (κ1) is 29.8. The van der Waals surface area contributed by atoms with Crippen molar-refractivity contribution in [2.24, 2.45) is 0 Å². The highest BCUT2D eigenvalue weighted by molar-refractivity contribution is 6.44. The van der Waals surface area contributed by atoms with Crippen LogP contribution in [0.25, 0.3) is 10.8 Å². The number of halogens is 12. The van der Waals surface area contributed by atoms with Crippen LogP contribution in [0.4, 0.5) is 43.9 Å². The van der Waals surface area contributed by atoms with Crippen molar-refractivity contribution < 1.29 is 63.1 Å². The van der Waals surface area contributed by atoms with E-state index in [0.29, 0.717) is 12.1 Å². The Morgan fingerprint density at radius 3 is 1.12 bits per heavy atom. The Labute approximate surface area is 225 Å². The number of nitrogens with zero attached hydrogens (tertiary/aromatic N) is 2. The molecular formula is C22H10Cl2F10N2O4. The van der Waals surface area contributed by atoms with Gasteiger partial charge in [-0.05, 0) is 12.1 Å². The summed E-state index contributed by atoms with van der Waals surface area (Å²) in [4.78, 5) is 52.2. The summed E-state index contributed by atoms with van der Waals surface area (Å²) in [5, 5.41) is -2.33. The third-order valence-corrected chi connectivity index (χ3v) is 6.90. The summed E-state index contributed by atoms with van der Waals surface area (Å²) < 4.78 is 130. The summed E-state index contributed by atoms with van der Waals surface area (Å²) in [6.45, 7) is -2.86. The van der Waals surface area contributed by atoms with Crippen LogP contribution >= 0.6 is 23.2 Å². The summed E-state index contributed by atoms with van der Waals surface area (Å²) in [6, 6.07) is 1.42. The van der Waals surface area contributed by atoms with Crippen molar-refractivity contribution in [2.75, 3.05) is 13.1 Å². The van der Waals surface area contributed by atoms with E-state index in [2.05, 4.69) is 0 Å². The maximum absolute atomic E-state index is 13.5. The van der Waals surface area contributed by atoms with Gasteiger partial charge in [-0.25, -0.2) is 0 Å². The predicted octanol–water partition coefficient (Wildman–Crippen LogP) is 6.51. The zero-order valence-electron chi connectivity index (χ0n) is 19.0. The number of amides is 4. The third-order valence-electron chi connectivity index (χ3n) is 6.31. The zero-order valence-corrected chi connectivity index (χ0v) is 20.6. The van der Waals surface area contributed by atoms with E-state index < -0.39 is 117 Å². The minimum Gasteiger partial charge on any atom is -0.274 e. The summed E-state index contributed by atoms with van der Waals surface area (Å²) in [5.41, 5.74) is -2.56. The number of carbonyl (C=O) groups is 4. The molecule has 0 atom stereocenters. The Hall–Kier alpha value is -3.14. The highest BCUT2D eigenvalue weighted by Gasteiger charge is 2.58. The van der Waals surface area contributed by atoms with E-state index in [-0.39, 0.29) is 9.80 Å². The fourth-order valence-corrected chi connectivity index (χ4v) is 4.83. The first-order chi connectivity index (χ1) is 18.1. The summed E-state index contributed by atoms with van der Waals surface area (Å²) in [7, 11) is 0. The lowest BCUT2D eigenvalue weighted by Crippen LogP contribution is -2.47. The maximum Gasteiger partial charge on any atom is 0.453 e. The summed E-state index contributed by atoms with van der Waals surface area (Å²) in [6.07, 6.45) is -16.0. The van der Waals surface area contributed by atoms with Crippen LogP contribution in [0.2, 0.25) is 10.0 Å². The largest absolute Gasteiger partial charge is 0.453 e. The number of hydrogen-bond donors (Lipinski definition) is 0. The monoisotopic (exact) mass is 626 g/mol. The highest BCUT2D eigenvalue weighted by Crippen LogP contribution is 2.45. The quantitative estimate of drug-likeness (QED) is 0.271. The van der Waals surface area contributed by atoms with E-state index in [0.717, 1.165) is 0 Å². The van der Waals surface area contributed by atoms with Crippen LogP contribution in [-0.2, 0) is 0 Å². The lowest BCUT2D eigenvalue weighted by Gasteiger charge is -2.34. The maximum atomic E-state index is 13.5. The molecule has 0 bridgehead atoms. The first-order valence-electron chi connectivity index (χ1n) is 10.7. The molecule has 4 rings (SSSR count). The Kier molecular flexibility index (Phi) is 6.85. The molecule has 6 nitrogen and oxygen atoms in total. The van der Waals surface area contributed by atoms with Crippen molar-refractivity contribution >= 4 is 57.6 Å². The van der Waals surface area contributed by atoms with Crippen LogP contribution in [0, 0.1) is 0 Å². The van der Waals surface area contributed by atoms with Crippen molar-refractivity contribution in [1.82, 2.24) is 9.80 Å². The van der Waals surface area contributed by atoms with Crippen LogP contribution < -0.4 is 0 Å². The van der Waals surface area contributed by atoms with Gasteiger partial charge in [-0.3, -0.25) is 29.0 Å². The molecule has 2 heterocycles. The number of alkyl halides is 10. The van der Waals surface area contributed by atoms with E-state index in [1.807, 2.05) is 0 Å². The average molecular weight is 627 g/mol. The second-order valence-corrected chi connectivity index (χ2v) is 9.55. The molecule has 0 saturated carbocycles. The van der Waals surface area contributed by atoms with Crippen molar-refractivity contribution in [2.45, 2.75) is 37.0 Å². The molecule has 0 unspecified atom stereocenters. The molecule has 0 aromatic heterocycles. The molecule has 2 aromatic carbocycles. The Morgan fingerprint density at radius 2 is 0.850 bits per heavy atom. The van der Waals surface area contributed by atoms with Crippen LogP contribution in [0.3, 0.4) is 0 Å². The van der Waals surface area contributed by atoms with Gasteiger partial charge >= 0.3 is 24.2 Å². The lowest BCUT2D eigenvalue weighted by atomic mass is 9.85. The molecule has 0 aliphatic carbocycles. The molecule has 0 spiro atoms. The molecule has 0 N–H and O–H groups in total. The molecule has 2 aliphatic heterocycles. The van der Waals surface area contributed by atoms with Crippen LogP contribution in [0.15, 0.2) is 12.1 Å². The van der Waals surface area contributed by atoms with E-state index in [1.165, 1.54) is 0 Å². The van der Waals surface area contributed by atoms with Gasteiger partial charge in [-0.15, -0.1) is 0 Å². The van der Waals surface area contributed by atoms with Gasteiger partial charge in [-0.2, -0.15) is 43.9 Å². The second kappa shape index (κ2) is 9.19. The minimum atomic E-state index is -5.99. The van der Waals surface area contributed by atoms with Gasteiger partial charge in [0, 0.05) is 36.7 Å². The SMILES string of the molecule is O=C1c2cc(Cl)c3c4c(cc(Cl)c(c24)C(=O)N1CCC(F)(F)C(F)(F)F)C(=O)N(CCC(F)(F)C(F)(F)F)C3=O. The third kappa shape index (κ3) is 4.44. The predicted molar refractivity (Wildman–Crippen MR) is 116 cm³/mol. The van der Waals surface area contributed by atoms with Gasteiger partial charge in [0.1, 0.15) is 0 Å². The van der Waals surface area contributed by atoms with Crippen LogP contribution in [-0.4, -0.2) is 70.7 Å². The summed E-state index contributed by atoms with van der Waals surface area (Å²) >= 11 is 12.2. The number of imide groups is 2. The van der Waals surface area contributed by atoms with Gasteiger partial charge in [0.05, 0.1) is 32.3 Å². The van der Waals surface area contributed by atoms with Gasteiger partial charge in [-0.1, -0.05) is 23.2 Å². The topological polar surface area (TPSA) is 74.8 Å². The molecule has 0 saturated heterocycles. The molecule has 0 fully saturated rings. The average Bonchev–Trinajstić information content (AvgIpc) is 2.80. The van der Waals surface area contributed by atoms with Gasteiger partial charge < -0.3 is 0 Å². The van der Waals surface area contributed by atoms with Crippen molar-refractivity contribution in [1.29, 1.82) is 0 Å². The fraction of sp³-hybridized carbons (Fsp3) is 0.364. The fourth-order valence-electron chi connectivity index (χ4n) is 4.26. The Bertz CT molecular complexity index is 1390. The van der Waals surface area contributed by atoms with Crippen LogP contribution in [0.5, 0.6) is 0 Å². The zero-order chi connectivity index (χ0) is 30.3. The van der Waals surface area contributed by atoms with Crippen molar-refractivity contribution in [3.8, 4) is 0 Å². The first-order valence-corrected chi connectivity index (χ1v) is 11.5. The molecule has 2 aromatic rings. The van der Waals surface area contributed by atoms with E-state index in [4.69, 9.17) is 23.2 Å². The van der Waals surface area contributed by atoms with Crippen molar-refractivity contribution in [3.63, 3.8) is 0 Å². The molecule has 18 heteroatoms. The Balaban J connectivity index is 1.81. The summed E-state index contributed by atoms with van der Waals surface area (Å²) in [5.74, 6) is -16.3. The van der Waals surface area contributed by atoms with Crippen LogP contribution in [0.1, 0.15) is 54.3 Å². The van der Waals surface area contributed by atoms with E-state index >= 15 is 0 Å². The number of hydrogen-bond acceptors (Lipinski definition) is 4. The standard InChI is InChI=1S/C22H10Cl2F10N2O4/c23-9-6-8-12-11-7(15(37)35(17(39)13(9)11)3-1-19(25,26)21(29,30)31)5-10(24)14(12)18(40)36(16(8)38)4-2-20(27,28)22(32,33)34/h5-6H,1-4H2. The molecule has 4 amide bonds. The highest BCUT2D eigenvalue weighted by atomic mass is 35.5. The molecule has 0 radical (unpaired) electrons. The molecular weight excluding hydrogens is 617 g/mol. The lowest BCUT2D eigenvalue weighted by molar-refractivity contribution is -0.284. The number of rotatable bonds is 6.